The molecule has 49 heavy (non-hydrogen) atoms. The number of phenols is 4. The van der Waals surface area contributed by atoms with E-state index in [-0.39, 0.29) is 11.1 Å². The van der Waals surface area contributed by atoms with Gasteiger partial charge in [-0.25, -0.2) is 14.4 Å². The molecule has 18 nitrogen and oxygen atoms in total. The number of ether oxygens (including phenoxy) is 4. The molecule has 3 rings (SSSR count). The first-order valence-electron chi connectivity index (χ1n) is 13.9. The number of carbonyl (C=O) groups is 7. The Kier molecular flexibility index (Phi) is 11.9. The van der Waals surface area contributed by atoms with Crippen molar-refractivity contribution < 1.29 is 88.3 Å². The molecule has 0 unspecified atom stereocenters. The molecule has 0 aliphatic heterocycles. The van der Waals surface area contributed by atoms with Gasteiger partial charge < -0.3 is 54.7 Å². The lowest BCUT2D eigenvalue weighted by Crippen LogP contribution is -2.60. The molecule has 2 atom stereocenters. The topological polar surface area (TPSA) is 298 Å². The minimum Gasteiger partial charge on any atom is -0.504 e. The van der Waals surface area contributed by atoms with E-state index in [1.54, 1.807) is 0 Å². The second-order valence-corrected chi connectivity index (χ2v) is 10.4. The van der Waals surface area contributed by atoms with Crippen LogP contribution >= 0.6 is 0 Å². The van der Waals surface area contributed by atoms with Crippen molar-refractivity contribution in [2.75, 3.05) is 0 Å². The number of carboxylic acid groups (broad SMARTS) is 3. The fourth-order valence-corrected chi connectivity index (χ4v) is 4.56. The number of hydrogen-bond acceptors (Lipinski definition) is 15. The van der Waals surface area contributed by atoms with Crippen LogP contribution in [0.5, 0.6) is 23.0 Å². The van der Waals surface area contributed by atoms with Crippen LogP contribution in [-0.4, -0.2) is 101 Å². The molecule has 1 aliphatic carbocycles. The van der Waals surface area contributed by atoms with E-state index in [1.807, 2.05) is 0 Å². The smallest absolute Gasteiger partial charge is 0.348 e. The highest BCUT2D eigenvalue weighted by molar-refractivity contribution is 5.93. The summed E-state index contributed by atoms with van der Waals surface area (Å²) >= 11 is 0. The average molecular weight is 689 g/mol. The number of carbonyl (C=O) groups excluding carboxylic acids is 4. The predicted octanol–water partition coefficient (Wildman–Crippen LogP) is 1.08. The summed E-state index contributed by atoms with van der Waals surface area (Å²) in [6.45, 7) is 0. The number of aliphatic carboxylic acids is 3. The van der Waals surface area contributed by atoms with Gasteiger partial charge in [0.2, 0.25) is 5.60 Å². The van der Waals surface area contributed by atoms with Gasteiger partial charge in [-0.1, -0.05) is 12.1 Å². The van der Waals surface area contributed by atoms with Gasteiger partial charge in [-0.05, 0) is 47.5 Å². The summed E-state index contributed by atoms with van der Waals surface area (Å²) in [7, 11) is 0. The molecule has 1 saturated carbocycles. The van der Waals surface area contributed by atoms with E-state index in [1.165, 1.54) is 12.1 Å². The lowest BCUT2D eigenvalue weighted by Gasteiger charge is -2.43. The third-order valence-electron chi connectivity index (χ3n) is 6.71. The van der Waals surface area contributed by atoms with Crippen LogP contribution in [0.1, 0.15) is 36.8 Å². The van der Waals surface area contributed by atoms with Gasteiger partial charge in [0.15, 0.2) is 29.1 Å². The average Bonchev–Trinajstić information content (AvgIpc) is 2.99. The minimum absolute atomic E-state index is 0.170. The number of rotatable bonds is 13. The summed E-state index contributed by atoms with van der Waals surface area (Å²) in [5.74, 6) is -12.8. The van der Waals surface area contributed by atoms with Crippen LogP contribution in [0.15, 0.2) is 48.6 Å². The largest absolute Gasteiger partial charge is 0.504 e. The van der Waals surface area contributed by atoms with Gasteiger partial charge in [-0.3, -0.25) is 19.2 Å². The van der Waals surface area contributed by atoms with Gasteiger partial charge in [-0.15, -0.1) is 0 Å². The molecule has 2 aromatic rings. The summed E-state index contributed by atoms with van der Waals surface area (Å²) in [4.78, 5) is 85.4. The molecule has 0 heterocycles. The molecule has 1 fully saturated rings. The lowest BCUT2D eigenvalue weighted by molar-refractivity contribution is -0.221. The van der Waals surface area contributed by atoms with Crippen LogP contribution < -0.4 is 0 Å². The van der Waals surface area contributed by atoms with E-state index in [4.69, 9.17) is 29.2 Å². The molecule has 0 bridgehead atoms. The molecule has 18 heteroatoms. The molecule has 1 aliphatic rings. The Morgan fingerprint density at radius 2 is 1.06 bits per heavy atom. The van der Waals surface area contributed by atoms with Gasteiger partial charge in [-0.2, -0.15) is 0 Å². The van der Waals surface area contributed by atoms with E-state index < -0.39 is 114 Å². The zero-order chi connectivity index (χ0) is 36.5. The molecular weight excluding hydrogens is 660 g/mol. The van der Waals surface area contributed by atoms with Crippen molar-refractivity contribution in [3.05, 3.63) is 59.7 Å². The van der Waals surface area contributed by atoms with Crippen LogP contribution in [0.4, 0.5) is 0 Å². The monoisotopic (exact) mass is 688 g/mol. The van der Waals surface area contributed by atoms with Crippen LogP contribution in [0, 0.1) is 0 Å². The standard InChI is InChI=1S/C31H28O18/c32-17-5-1-15(9-19(17)34)3-7-25(40)46-21-13-31(30(44)45,49-28(43)12-24(38)39)14-22(29(21)48-27(42)11-23(36)37)47-26(41)8-4-16-2-6-18(33)20(35)10-16/h1-10,21-22,29,32-35H,11-14H2,(H,36,37)(H,38,39)(H,44,45)/b7-3+,8-4+/t21-,22-,29?,31?/m1/s1. The molecule has 0 aromatic heterocycles. The zero-order valence-corrected chi connectivity index (χ0v) is 25.0. The summed E-state index contributed by atoms with van der Waals surface area (Å²) in [6.07, 6.45) is -6.62. The number of aromatic hydroxyl groups is 4. The molecular formula is C31H28O18. The quantitative estimate of drug-likeness (QED) is 0.0509. The first kappa shape index (κ1) is 36.9. The summed E-state index contributed by atoms with van der Waals surface area (Å²) in [6, 6.07) is 6.91. The van der Waals surface area contributed by atoms with Crippen LogP contribution in [0.2, 0.25) is 0 Å². The van der Waals surface area contributed by atoms with Gasteiger partial charge in [0, 0.05) is 25.0 Å². The maximum Gasteiger partial charge on any atom is 0.348 e. The number of benzene rings is 2. The predicted molar refractivity (Wildman–Crippen MR) is 157 cm³/mol. The van der Waals surface area contributed by atoms with Crippen molar-refractivity contribution in [1.82, 2.24) is 0 Å². The third kappa shape index (κ3) is 10.5. The highest BCUT2D eigenvalue weighted by atomic mass is 16.6. The molecule has 2 aromatic carbocycles. The second kappa shape index (κ2) is 15.8. The summed E-state index contributed by atoms with van der Waals surface area (Å²) < 4.78 is 20.9. The molecule has 0 radical (unpaired) electrons. The molecule has 0 amide bonds. The minimum atomic E-state index is -2.75. The maximum atomic E-state index is 12.9. The van der Waals surface area contributed by atoms with E-state index in [0.29, 0.717) is 0 Å². The first-order valence-corrected chi connectivity index (χ1v) is 13.9. The summed E-state index contributed by atoms with van der Waals surface area (Å²) in [5.41, 5.74) is -2.41. The van der Waals surface area contributed by atoms with Crippen molar-refractivity contribution in [2.45, 2.75) is 49.6 Å². The Hall–Kier alpha value is -6.59. The fourth-order valence-electron chi connectivity index (χ4n) is 4.56. The highest BCUT2D eigenvalue weighted by Gasteiger charge is 2.57. The fraction of sp³-hybridized carbons (Fsp3) is 0.258. The highest BCUT2D eigenvalue weighted by Crippen LogP contribution is 2.38. The normalized spacial score (nSPS) is 20.3. The third-order valence-corrected chi connectivity index (χ3v) is 6.71. The van der Waals surface area contributed by atoms with Crippen molar-refractivity contribution in [1.29, 1.82) is 0 Å². The number of phenolic OH excluding ortho intramolecular Hbond substituents is 4. The van der Waals surface area contributed by atoms with E-state index in [0.717, 1.165) is 48.6 Å². The second-order valence-electron chi connectivity index (χ2n) is 10.4. The van der Waals surface area contributed by atoms with Gasteiger partial charge in [0.1, 0.15) is 25.0 Å². The number of hydrogen-bond donors (Lipinski definition) is 7. The van der Waals surface area contributed by atoms with Crippen molar-refractivity contribution in [3.63, 3.8) is 0 Å². The SMILES string of the molecule is O=C(O)CC(=O)OC1[C@H](OC(=O)/C=C/c2ccc(O)c(O)c2)CC(OC(=O)CC(=O)O)(C(=O)O)C[C@H]1OC(=O)/C=C/c1ccc(O)c(O)c1. The lowest BCUT2D eigenvalue weighted by atomic mass is 9.78. The Balaban J connectivity index is 2.02. The first-order chi connectivity index (χ1) is 23.0. The van der Waals surface area contributed by atoms with E-state index >= 15 is 0 Å². The Morgan fingerprint density at radius 1 is 0.633 bits per heavy atom. The Bertz CT molecular complexity index is 1620. The van der Waals surface area contributed by atoms with Crippen molar-refractivity contribution >= 4 is 53.9 Å². The van der Waals surface area contributed by atoms with Crippen LogP contribution in [0.25, 0.3) is 12.2 Å². The Labute approximate surface area is 274 Å². The van der Waals surface area contributed by atoms with E-state index in [9.17, 15) is 59.1 Å². The maximum absolute atomic E-state index is 12.9. The molecule has 260 valence electrons. The molecule has 7 N–H and O–H groups in total. The van der Waals surface area contributed by atoms with Crippen LogP contribution in [0.3, 0.4) is 0 Å². The van der Waals surface area contributed by atoms with Crippen LogP contribution in [-0.2, 0) is 52.5 Å². The Morgan fingerprint density at radius 3 is 1.45 bits per heavy atom. The van der Waals surface area contributed by atoms with E-state index in [2.05, 4.69) is 0 Å². The number of esters is 4. The van der Waals surface area contributed by atoms with Crippen molar-refractivity contribution in [3.8, 4) is 23.0 Å². The summed E-state index contributed by atoms with van der Waals surface area (Å²) in [5, 5.41) is 66.5. The van der Waals surface area contributed by atoms with Gasteiger partial charge in [0.25, 0.3) is 0 Å². The number of carboxylic acids is 3. The molecule has 0 spiro atoms. The van der Waals surface area contributed by atoms with Gasteiger partial charge in [0.05, 0.1) is 0 Å². The molecule has 0 saturated heterocycles. The zero-order valence-electron chi connectivity index (χ0n) is 25.0. The van der Waals surface area contributed by atoms with Crippen molar-refractivity contribution in [2.24, 2.45) is 0 Å². The van der Waals surface area contributed by atoms with Gasteiger partial charge >= 0.3 is 41.8 Å².